The highest BCUT2D eigenvalue weighted by Crippen LogP contribution is 2.26. The first-order valence-electron chi connectivity index (χ1n) is 10.3. The number of ether oxygens (including phenoxy) is 1. The van der Waals surface area contributed by atoms with Crippen LogP contribution in [0.3, 0.4) is 0 Å². The average molecular weight is 421 g/mol. The summed E-state index contributed by atoms with van der Waals surface area (Å²) in [6.07, 6.45) is 4.38. The fourth-order valence-corrected chi connectivity index (χ4v) is 3.55. The van der Waals surface area contributed by atoms with Gasteiger partial charge in [-0.25, -0.2) is 0 Å². The highest BCUT2D eigenvalue weighted by atomic mass is 16.5. The maximum Gasteiger partial charge on any atom is 0.259 e. The monoisotopic (exact) mass is 421 g/mol. The van der Waals surface area contributed by atoms with Crippen LogP contribution in [0.1, 0.15) is 37.3 Å². The minimum absolute atomic E-state index is 0.132. The van der Waals surface area contributed by atoms with Crippen molar-refractivity contribution in [2.45, 2.75) is 38.6 Å². The van der Waals surface area contributed by atoms with Crippen molar-refractivity contribution in [1.29, 1.82) is 0 Å². The van der Waals surface area contributed by atoms with Crippen molar-refractivity contribution in [3.63, 3.8) is 0 Å². The number of nitrogens with one attached hydrogen (secondary N) is 1. The van der Waals surface area contributed by atoms with Crippen molar-refractivity contribution in [1.82, 2.24) is 5.32 Å². The van der Waals surface area contributed by atoms with Gasteiger partial charge < -0.3 is 20.3 Å². The van der Waals surface area contributed by atoms with Gasteiger partial charge in [0.25, 0.3) is 5.91 Å². The van der Waals surface area contributed by atoms with E-state index < -0.39 is 17.7 Å². The third-order valence-corrected chi connectivity index (χ3v) is 5.30. The number of aliphatic hydroxyl groups excluding tert-OH is 1. The number of carbonyl (C=O) groups is 2. The van der Waals surface area contributed by atoms with E-state index in [1.54, 1.807) is 19.2 Å². The van der Waals surface area contributed by atoms with Crippen LogP contribution in [-0.2, 0) is 16.0 Å². The van der Waals surface area contributed by atoms with Crippen LogP contribution in [-0.4, -0.2) is 35.1 Å². The molecule has 1 amide bonds. The Bertz CT molecular complexity index is 1000. The number of ketones is 1. The zero-order valence-corrected chi connectivity index (χ0v) is 17.7. The third kappa shape index (κ3) is 5.34. The molecular formula is C25H27NO5. The second-order valence-electron chi connectivity index (χ2n) is 7.52. The zero-order valence-electron chi connectivity index (χ0n) is 17.7. The number of phenolic OH excluding ortho intramolecular Hbond substituents is 1. The lowest BCUT2D eigenvalue weighted by Crippen LogP contribution is -2.31. The van der Waals surface area contributed by atoms with Crippen molar-refractivity contribution < 1.29 is 24.5 Å². The van der Waals surface area contributed by atoms with Gasteiger partial charge in [-0.3, -0.25) is 9.59 Å². The van der Waals surface area contributed by atoms with Crippen LogP contribution in [0.15, 0.2) is 65.9 Å². The highest BCUT2D eigenvalue weighted by Gasteiger charge is 2.38. The number of amides is 1. The fraction of sp³-hybridized carbons (Fsp3) is 0.280. The molecule has 2 aromatic carbocycles. The Morgan fingerprint density at radius 1 is 1.10 bits per heavy atom. The Morgan fingerprint density at radius 3 is 2.39 bits per heavy atom. The summed E-state index contributed by atoms with van der Waals surface area (Å²) < 4.78 is 5.20. The molecule has 1 fully saturated rings. The number of benzene rings is 2. The Hall–Kier alpha value is -3.54. The summed E-state index contributed by atoms with van der Waals surface area (Å²) in [6.45, 7) is 2.08. The molecule has 0 spiro atoms. The normalized spacial score (nSPS) is 18.1. The summed E-state index contributed by atoms with van der Waals surface area (Å²) in [6, 6.07) is 13.2. The average Bonchev–Trinajstić information content (AvgIpc) is 3.05. The van der Waals surface area contributed by atoms with E-state index >= 15 is 0 Å². The van der Waals surface area contributed by atoms with Crippen LogP contribution < -0.4 is 10.1 Å². The summed E-state index contributed by atoms with van der Waals surface area (Å²) >= 11 is 0. The van der Waals surface area contributed by atoms with E-state index in [0.29, 0.717) is 6.42 Å². The van der Waals surface area contributed by atoms with Gasteiger partial charge >= 0.3 is 0 Å². The van der Waals surface area contributed by atoms with Gasteiger partial charge in [0.15, 0.2) is 5.78 Å². The molecule has 1 aliphatic rings. The predicted octanol–water partition coefficient (Wildman–Crippen LogP) is 4.10. The molecule has 6 nitrogen and oxygen atoms in total. The molecule has 6 heteroatoms. The van der Waals surface area contributed by atoms with Crippen LogP contribution in [0.25, 0.3) is 5.57 Å². The first kappa shape index (κ1) is 22.2. The number of allylic oxidation sites excluding steroid dienone is 2. The van der Waals surface area contributed by atoms with E-state index in [1.165, 1.54) is 18.2 Å². The second kappa shape index (κ2) is 9.98. The van der Waals surface area contributed by atoms with Crippen molar-refractivity contribution in [3.8, 4) is 11.5 Å². The Labute approximate surface area is 181 Å². The summed E-state index contributed by atoms with van der Waals surface area (Å²) in [4.78, 5) is 25.3. The van der Waals surface area contributed by atoms with Crippen LogP contribution in [0.2, 0.25) is 0 Å². The van der Waals surface area contributed by atoms with Crippen LogP contribution >= 0.6 is 0 Å². The highest BCUT2D eigenvalue weighted by molar-refractivity contribution is 6.27. The summed E-state index contributed by atoms with van der Waals surface area (Å²) in [5.74, 6) is -0.475. The molecule has 31 heavy (non-hydrogen) atoms. The Balaban J connectivity index is 1.88. The number of carbonyl (C=O) groups excluding carboxylic acids is 2. The zero-order chi connectivity index (χ0) is 22.4. The molecule has 0 unspecified atom stereocenters. The number of hydrogen-bond acceptors (Lipinski definition) is 5. The molecule has 0 saturated carbocycles. The number of hydrogen-bond donors (Lipinski definition) is 3. The second-order valence-corrected chi connectivity index (χ2v) is 7.52. The molecule has 0 radical (unpaired) electrons. The Kier molecular flexibility index (Phi) is 7.13. The van der Waals surface area contributed by atoms with Gasteiger partial charge in [0.1, 0.15) is 22.8 Å². The van der Waals surface area contributed by atoms with E-state index in [2.05, 4.69) is 12.2 Å². The molecule has 1 saturated heterocycles. The SMILES string of the molecule is CCCC/C(=C\C(O)=C1\C(=O)N[C@@H](Cc2ccc(O)cc2)C1=O)c1ccc(OC)cc1. The van der Waals surface area contributed by atoms with E-state index in [-0.39, 0.29) is 23.5 Å². The van der Waals surface area contributed by atoms with E-state index in [9.17, 15) is 19.8 Å². The van der Waals surface area contributed by atoms with Gasteiger partial charge in [-0.1, -0.05) is 37.6 Å². The summed E-state index contributed by atoms with van der Waals surface area (Å²) in [5.41, 5.74) is 2.32. The maximum atomic E-state index is 12.8. The first-order chi connectivity index (χ1) is 14.9. The van der Waals surface area contributed by atoms with E-state index in [0.717, 1.165) is 35.3 Å². The van der Waals surface area contributed by atoms with Crippen LogP contribution in [0.5, 0.6) is 11.5 Å². The summed E-state index contributed by atoms with van der Waals surface area (Å²) in [7, 11) is 1.60. The minimum atomic E-state index is -0.748. The predicted molar refractivity (Wildman–Crippen MR) is 119 cm³/mol. The molecule has 3 rings (SSSR count). The lowest BCUT2D eigenvalue weighted by Gasteiger charge is -2.09. The smallest absolute Gasteiger partial charge is 0.259 e. The molecular weight excluding hydrogens is 394 g/mol. The number of aromatic hydroxyl groups is 1. The van der Waals surface area contributed by atoms with E-state index in [1.807, 2.05) is 24.3 Å². The van der Waals surface area contributed by atoms with Gasteiger partial charge in [0.2, 0.25) is 0 Å². The topological polar surface area (TPSA) is 95.9 Å². The van der Waals surface area contributed by atoms with Crippen LogP contribution in [0, 0.1) is 0 Å². The molecule has 162 valence electrons. The lowest BCUT2D eigenvalue weighted by molar-refractivity contribution is -0.117. The lowest BCUT2D eigenvalue weighted by atomic mass is 9.97. The van der Waals surface area contributed by atoms with Crippen LogP contribution in [0.4, 0.5) is 0 Å². The number of methoxy groups -OCH3 is 1. The first-order valence-corrected chi connectivity index (χ1v) is 10.3. The number of phenols is 1. The molecule has 3 N–H and O–H groups in total. The quantitative estimate of drug-likeness (QED) is 0.339. The fourth-order valence-electron chi connectivity index (χ4n) is 3.55. The Morgan fingerprint density at radius 2 is 1.77 bits per heavy atom. The van der Waals surface area contributed by atoms with Gasteiger partial charge in [0.05, 0.1) is 13.2 Å². The molecule has 1 atom stereocenters. The standard InChI is InChI=1S/C25H27NO5/c1-3-4-5-18(17-8-12-20(31-2)13-9-17)15-22(28)23-24(29)21(26-25(23)30)14-16-6-10-19(27)11-7-16/h6-13,15,21,27-28H,3-5,14H2,1-2H3,(H,26,30)/b18-15+,23-22-/t21-/m0/s1. The van der Waals surface area contributed by atoms with Gasteiger partial charge in [-0.2, -0.15) is 0 Å². The molecule has 0 aromatic heterocycles. The van der Waals surface area contributed by atoms with Crippen molar-refractivity contribution in [2.75, 3.05) is 7.11 Å². The molecule has 1 heterocycles. The van der Waals surface area contributed by atoms with E-state index in [4.69, 9.17) is 4.74 Å². The van der Waals surface area contributed by atoms with Crippen molar-refractivity contribution in [2.24, 2.45) is 0 Å². The largest absolute Gasteiger partial charge is 0.508 e. The maximum absolute atomic E-state index is 12.8. The summed E-state index contributed by atoms with van der Waals surface area (Å²) in [5, 5.41) is 22.8. The number of aliphatic hydroxyl groups is 1. The van der Waals surface area contributed by atoms with Gasteiger partial charge in [-0.15, -0.1) is 0 Å². The molecule has 1 aliphatic heterocycles. The van der Waals surface area contributed by atoms with Crippen molar-refractivity contribution in [3.05, 3.63) is 77.1 Å². The van der Waals surface area contributed by atoms with Gasteiger partial charge in [0, 0.05) is 6.42 Å². The molecule has 0 aliphatic carbocycles. The van der Waals surface area contributed by atoms with Gasteiger partial charge in [-0.05, 0) is 59.9 Å². The molecule has 2 aromatic rings. The third-order valence-electron chi connectivity index (χ3n) is 5.30. The molecule has 0 bridgehead atoms. The van der Waals surface area contributed by atoms with Crippen molar-refractivity contribution >= 4 is 17.3 Å². The number of unbranched alkanes of at least 4 members (excludes halogenated alkanes) is 1. The minimum Gasteiger partial charge on any atom is -0.508 e. The number of Topliss-reactive ketones (excluding diaryl/α,β-unsaturated/α-hetero) is 1. The number of rotatable bonds is 8.